The summed E-state index contributed by atoms with van der Waals surface area (Å²) in [7, 11) is 1.07. The summed E-state index contributed by atoms with van der Waals surface area (Å²) in [6, 6.07) is 2.40. The fourth-order valence-corrected chi connectivity index (χ4v) is 2.88. The average molecular weight is 447 g/mol. The topological polar surface area (TPSA) is 39.2 Å². The van der Waals surface area contributed by atoms with E-state index >= 15 is 0 Å². The van der Waals surface area contributed by atoms with Gasteiger partial charge in [0.15, 0.2) is 11.5 Å². The number of ether oxygens (including phenoxy) is 1. The first-order valence-corrected chi connectivity index (χ1v) is 7.62. The van der Waals surface area contributed by atoms with Gasteiger partial charge in [-0.05, 0) is 18.2 Å². The molecule has 0 N–H and O–H groups in total. The van der Waals surface area contributed by atoms with E-state index in [-0.39, 0.29) is 20.8 Å². The van der Waals surface area contributed by atoms with Crippen LogP contribution >= 0.6 is 39.1 Å². The largest absolute Gasteiger partial charge is 0.464 e. The summed E-state index contributed by atoms with van der Waals surface area (Å²) in [6.45, 7) is 0. The molecular formula is C14H6BrCl2F4NO2. The molecule has 1 aromatic carbocycles. The van der Waals surface area contributed by atoms with Crippen molar-refractivity contribution < 1.29 is 27.1 Å². The van der Waals surface area contributed by atoms with Crippen molar-refractivity contribution in [2.45, 2.75) is 6.18 Å². The number of esters is 1. The van der Waals surface area contributed by atoms with Crippen molar-refractivity contribution in [3.63, 3.8) is 0 Å². The first kappa shape index (κ1) is 19.0. The van der Waals surface area contributed by atoms with Gasteiger partial charge in [-0.25, -0.2) is 14.2 Å². The highest BCUT2D eigenvalue weighted by Gasteiger charge is 2.34. The van der Waals surface area contributed by atoms with Crippen LogP contribution in [0.25, 0.3) is 11.3 Å². The van der Waals surface area contributed by atoms with Crippen molar-refractivity contribution in [1.82, 2.24) is 4.98 Å². The molecule has 0 radical (unpaired) electrons. The van der Waals surface area contributed by atoms with Crippen LogP contribution in [0.3, 0.4) is 0 Å². The van der Waals surface area contributed by atoms with E-state index in [1.165, 1.54) is 0 Å². The maximum Gasteiger partial charge on any atom is 0.417 e. The second-order valence-electron chi connectivity index (χ2n) is 4.45. The standard InChI is InChI=1S/C14H6BrCl2F4NO2/c1-24-13(23)12-9(17)4-10(18)11(22-12)5-2-7(15)6(3-8(5)16)14(19,20)21/h2-4H,1H3. The van der Waals surface area contributed by atoms with Crippen LogP contribution in [0.4, 0.5) is 17.6 Å². The lowest BCUT2D eigenvalue weighted by molar-refractivity contribution is -0.138. The summed E-state index contributed by atoms with van der Waals surface area (Å²) < 4.78 is 56.8. The fraction of sp³-hybridized carbons (Fsp3) is 0.143. The van der Waals surface area contributed by atoms with Crippen molar-refractivity contribution >= 4 is 45.1 Å². The molecule has 3 nitrogen and oxygen atoms in total. The lowest BCUT2D eigenvalue weighted by atomic mass is 10.1. The number of nitrogens with zero attached hydrogens (tertiary/aromatic N) is 1. The maximum absolute atomic E-state index is 14.1. The third-order valence-corrected chi connectivity index (χ3v) is 4.18. The number of hydrogen-bond acceptors (Lipinski definition) is 3. The van der Waals surface area contributed by atoms with Crippen LogP contribution in [0.15, 0.2) is 22.7 Å². The highest BCUT2D eigenvalue weighted by molar-refractivity contribution is 9.10. The molecule has 0 atom stereocenters. The Hall–Kier alpha value is -1.38. The zero-order valence-corrected chi connectivity index (χ0v) is 14.7. The first-order valence-electron chi connectivity index (χ1n) is 6.07. The molecule has 2 aromatic rings. The molecule has 0 fully saturated rings. The third kappa shape index (κ3) is 3.65. The Labute approximate surface area is 151 Å². The highest BCUT2D eigenvalue weighted by Crippen LogP contribution is 2.41. The van der Waals surface area contributed by atoms with Gasteiger partial charge in [-0.15, -0.1) is 0 Å². The van der Waals surface area contributed by atoms with Crippen LogP contribution in [0, 0.1) is 5.82 Å². The molecule has 10 heteroatoms. The van der Waals surface area contributed by atoms with E-state index in [4.69, 9.17) is 23.2 Å². The molecular weight excluding hydrogens is 441 g/mol. The molecule has 2 rings (SSSR count). The van der Waals surface area contributed by atoms with Gasteiger partial charge in [-0.2, -0.15) is 13.2 Å². The summed E-state index contributed by atoms with van der Waals surface area (Å²) in [5.41, 5.74) is -1.99. The Kier molecular flexibility index (Phi) is 5.41. The number of carbonyl (C=O) groups excluding carboxylic acids is 1. The Morgan fingerprint density at radius 1 is 1.21 bits per heavy atom. The maximum atomic E-state index is 14.1. The Morgan fingerprint density at radius 2 is 1.83 bits per heavy atom. The summed E-state index contributed by atoms with van der Waals surface area (Å²) in [5, 5.41) is -0.694. The van der Waals surface area contributed by atoms with Gasteiger partial charge < -0.3 is 4.74 Å². The molecule has 0 aliphatic carbocycles. The smallest absolute Gasteiger partial charge is 0.417 e. The first-order chi connectivity index (χ1) is 11.1. The number of rotatable bonds is 2. The van der Waals surface area contributed by atoms with Gasteiger partial charge in [0.25, 0.3) is 0 Å². The van der Waals surface area contributed by atoms with Gasteiger partial charge in [-0.3, -0.25) is 0 Å². The van der Waals surface area contributed by atoms with Crippen LogP contribution in [-0.2, 0) is 10.9 Å². The molecule has 0 bridgehead atoms. The van der Waals surface area contributed by atoms with Gasteiger partial charge in [0, 0.05) is 10.0 Å². The van der Waals surface area contributed by atoms with Gasteiger partial charge in [0.05, 0.1) is 22.7 Å². The summed E-state index contributed by atoms with van der Waals surface area (Å²) in [6.07, 6.45) is -4.65. The van der Waals surface area contributed by atoms with Crippen LogP contribution in [0.1, 0.15) is 16.1 Å². The fourth-order valence-electron chi connectivity index (χ4n) is 1.84. The molecule has 0 amide bonds. The Morgan fingerprint density at radius 3 is 2.38 bits per heavy atom. The number of hydrogen-bond donors (Lipinski definition) is 0. The molecule has 24 heavy (non-hydrogen) atoms. The zero-order chi connectivity index (χ0) is 18.2. The second-order valence-corrected chi connectivity index (χ2v) is 6.12. The number of pyridine rings is 1. The molecule has 1 aromatic heterocycles. The Balaban J connectivity index is 2.69. The van der Waals surface area contributed by atoms with E-state index in [0.29, 0.717) is 6.07 Å². The lowest BCUT2D eigenvalue weighted by Crippen LogP contribution is -2.09. The van der Waals surface area contributed by atoms with Crippen molar-refractivity contribution in [3.8, 4) is 11.3 Å². The summed E-state index contributed by atoms with van der Waals surface area (Å²) >= 11 is 14.3. The highest BCUT2D eigenvalue weighted by atomic mass is 79.9. The molecule has 128 valence electrons. The minimum absolute atomic E-state index is 0.143. The number of methoxy groups -OCH3 is 1. The zero-order valence-electron chi connectivity index (χ0n) is 11.6. The van der Waals surface area contributed by atoms with Crippen LogP contribution < -0.4 is 0 Å². The van der Waals surface area contributed by atoms with Crippen molar-refractivity contribution in [3.05, 3.63) is 49.8 Å². The van der Waals surface area contributed by atoms with Gasteiger partial charge >= 0.3 is 12.1 Å². The number of benzene rings is 1. The normalized spacial score (nSPS) is 11.5. The quantitative estimate of drug-likeness (QED) is 0.434. The van der Waals surface area contributed by atoms with E-state index in [0.717, 1.165) is 19.2 Å². The lowest BCUT2D eigenvalue weighted by Gasteiger charge is -2.13. The summed E-state index contributed by atoms with van der Waals surface area (Å²) in [5.74, 6) is -1.88. The number of alkyl halides is 3. The van der Waals surface area contributed by atoms with Crippen molar-refractivity contribution in [2.24, 2.45) is 0 Å². The van der Waals surface area contributed by atoms with E-state index in [2.05, 4.69) is 25.7 Å². The number of aromatic nitrogens is 1. The number of carbonyl (C=O) groups is 1. The minimum Gasteiger partial charge on any atom is -0.464 e. The van der Waals surface area contributed by atoms with E-state index in [9.17, 15) is 22.4 Å². The van der Waals surface area contributed by atoms with Gasteiger partial charge in [0.1, 0.15) is 5.69 Å². The van der Waals surface area contributed by atoms with Crippen LogP contribution in [-0.4, -0.2) is 18.1 Å². The molecule has 0 saturated carbocycles. The molecule has 0 spiro atoms. The monoisotopic (exact) mass is 445 g/mol. The molecule has 0 unspecified atom stereocenters. The van der Waals surface area contributed by atoms with Gasteiger partial charge in [-0.1, -0.05) is 39.1 Å². The third-order valence-electron chi connectivity index (χ3n) is 2.93. The van der Waals surface area contributed by atoms with E-state index in [1.54, 1.807) is 0 Å². The SMILES string of the molecule is COC(=O)c1nc(-c2cc(Br)c(C(F)(F)F)cc2Cl)c(F)cc1Cl. The minimum atomic E-state index is -4.65. The van der Waals surface area contributed by atoms with Crippen molar-refractivity contribution in [1.29, 1.82) is 0 Å². The second kappa shape index (κ2) is 6.85. The molecule has 0 aliphatic heterocycles. The Bertz CT molecular complexity index is 827. The van der Waals surface area contributed by atoms with Crippen molar-refractivity contribution in [2.75, 3.05) is 7.11 Å². The van der Waals surface area contributed by atoms with Crippen LogP contribution in [0.2, 0.25) is 10.0 Å². The predicted molar refractivity (Wildman–Crippen MR) is 83.7 cm³/mol. The molecule has 0 aliphatic rings. The summed E-state index contributed by atoms with van der Waals surface area (Å²) in [4.78, 5) is 15.3. The predicted octanol–water partition coefficient (Wildman–Crippen LogP) is 5.76. The van der Waals surface area contributed by atoms with Crippen LogP contribution in [0.5, 0.6) is 0 Å². The van der Waals surface area contributed by atoms with E-state index in [1.807, 2.05) is 0 Å². The van der Waals surface area contributed by atoms with E-state index < -0.39 is 34.2 Å². The number of halogens is 7. The van der Waals surface area contributed by atoms with Gasteiger partial charge in [0.2, 0.25) is 0 Å². The average Bonchev–Trinajstić information content (AvgIpc) is 2.48. The molecule has 1 heterocycles. The molecule has 0 saturated heterocycles.